The van der Waals surface area contributed by atoms with Crippen LogP contribution in [0.1, 0.15) is 24.2 Å². The number of amides is 1. The minimum atomic E-state index is -0.0783. The summed E-state index contributed by atoms with van der Waals surface area (Å²) in [4.78, 5) is 16.9. The van der Waals surface area contributed by atoms with Gasteiger partial charge in [0.05, 0.1) is 17.6 Å². The molecule has 0 fully saturated rings. The topological polar surface area (TPSA) is 56.2 Å². The first-order valence-corrected chi connectivity index (χ1v) is 11.4. The van der Waals surface area contributed by atoms with E-state index in [2.05, 4.69) is 16.0 Å². The summed E-state index contributed by atoms with van der Waals surface area (Å²) in [6.45, 7) is 2.10. The molecule has 4 aromatic rings. The predicted octanol–water partition coefficient (Wildman–Crippen LogP) is 5.27. The van der Waals surface area contributed by atoms with Crippen molar-refractivity contribution >= 4 is 23.0 Å². The maximum Gasteiger partial charge on any atom is 0.243 e. The van der Waals surface area contributed by atoms with Gasteiger partial charge in [0.15, 0.2) is 0 Å². The summed E-state index contributed by atoms with van der Waals surface area (Å²) in [7, 11) is 0. The van der Waals surface area contributed by atoms with E-state index in [1.165, 1.54) is 0 Å². The number of ether oxygens (including phenoxy) is 1. The summed E-state index contributed by atoms with van der Waals surface area (Å²) in [5.41, 5.74) is 3.16. The number of imidazole rings is 1. The number of rotatable bonds is 11. The van der Waals surface area contributed by atoms with Crippen molar-refractivity contribution in [1.29, 1.82) is 0 Å². The van der Waals surface area contributed by atoms with Crippen LogP contribution in [0.15, 0.2) is 91.0 Å². The molecule has 3 aromatic carbocycles. The van der Waals surface area contributed by atoms with Crippen molar-refractivity contribution in [1.82, 2.24) is 14.9 Å². The molecule has 1 N–H and O–H groups in total. The van der Waals surface area contributed by atoms with Crippen molar-refractivity contribution in [2.45, 2.75) is 25.8 Å². The molecule has 0 bridgehead atoms. The Morgan fingerprint density at radius 2 is 1.64 bits per heavy atom. The van der Waals surface area contributed by atoms with E-state index in [9.17, 15) is 4.79 Å². The Kier molecular flexibility index (Phi) is 7.90. The average molecular weight is 440 g/mol. The van der Waals surface area contributed by atoms with Gasteiger partial charge in [0.25, 0.3) is 0 Å². The van der Waals surface area contributed by atoms with Gasteiger partial charge in [0.2, 0.25) is 5.91 Å². The largest absolute Gasteiger partial charge is 0.494 e. The van der Waals surface area contributed by atoms with Crippen LogP contribution in [0, 0.1) is 0 Å². The highest BCUT2D eigenvalue weighted by molar-refractivity contribution is 5.91. The van der Waals surface area contributed by atoms with Gasteiger partial charge in [-0.1, -0.05) is 60.7 Å². The Hall–Kier alpha value is -3.86. The fourth-order valence-electron chi connectivity index (χ4n) is 3.75. The van der Waals surface area contributed by atoms with E-state index in [1.54, 1.807) is 6.08 Å². The summed E-state index contributed by atoms with van der Waals surface area (Å²) < 4.78 is 8.13. The molecule has 0 radical (unpaired) electrons. The number of hydrogen-bond acceptors (Lipinski definition) is 3. The summed E-state index contributed by atoms with van der Waals surface area (Å²) >= 11 is 0. The third kappa shape index (κ3) is 6.56. The quantitative estimate of drug-likeness (QED) is 0.256. The third-order valence-corrected chi connectivity index (χ3v) is 5.37. The Morgan fingerprint density at radius 1 is 0.909 bits per heavy atom. The van der Waals surface area contributed by atoms with Crippen LogP contribution < -0.4 is 10.1 Å². The van der Waals surface area contributed by atoms with Crippen LogP contribution in [0.25, 0.3) is 17.1 Å². The maximum absolute atomic E-state index is 12.1. The lowest BCUT2D eigenvalue weighted by atomic mass is 10.2. The van der Waals surface area contributed by atoms with Gasteiger partial charge in [0.1, 0.15) is 11.6 Å². The number of carbonyl (C=O) groups excluding carboxylic acids is 1. The molecule has 33 heavy (non-hydrogen) atoms. The zero-order valence-corrected chi connectivity index (χ0v) is 18.7. The molecule has 168 valence electrons. The third-order valence-electron chi connectivity index (χ3n) is 5.37. The zero-order valence-electron chi connectivity index (χ0n) is 18.7. The SMILES string of the molecule is O=C(/C=C/c1ccccc1)NCCCc1nc2ccccc2n1CCCOc1ccccc1. The van der Waals surface area contributed by atoms with Crippen LogP contribution in [-0.2, 0) is 17.8 Å². The highest BCUT2D eigenvalue weighted by Crippen LogP contribution is 2.18. The fraction of sp³-hybridized carbons (Fsp3) is 0.214. The molecule has 4 rings (SSSR count). The van der Waals surface area contributed by atoms with E-state index in [-0.39, 0.29) is 5.91 Å². The van der Waals surface area contributed by atoms with Crippen molar-refractivity contribution < 1.29 is 9.53 Å². The summed E-state index contributed by atoms with van der Waals surface area (Å²) in [6.07, 6.45) is 5.93. The number of benzene rings is 3. The second-order valence-corrected chi connectivity index (χ2v) is 7.82. The van der Waals surface area contributed by atoms with Gasteiger partial charge in [-0.25, -0.2) is 4.98 Å². The number of nitrogens with one attached hydrogen (secondary N) is 1. The predicted molar refractivity (Wildman–Crippen MR) is 133 cm³/mol. The molecule has 5 heteroatoms. The normalized spacial score (nSPS) is 11.2. The Labute approximate surface area is 194 Å². The molecule has 0 saturated heterocycles. The molecule has 0 spiro atoms. The van der Waals surface area contributed by atoms with Crippen molar-refractivity contribution in [2.75, 3.05) is 13.2 Å². The van der Waals surface area contributed by atoms with E-state index in [1.807, 2.05) is 84.9 Å². The van der Waals surface area contributed by atoms with E-state index in [4.69, 9.17) is 9.72 Å². The average Bonchev–Trinajstić information content (AvgIpc) is 3.22. The number of nitrogens with zero attached hydrogens (tertiary/aromatic N) is 2. The van der Waals surface area contributed by atoms with Crippen LogP contribution in [-0.4, -0.2) is 28.6 Å². The molecule has 0 unspecified atom stereocenters. The lowest BCUT2D eigenvalue weighted by molar-refractivity contribution is -0.116. The van der Waals surface area contributed by atoms with Crippen molar-refractivity contribution in [2.24, 2.45) is 0 Å². The molecule has 0 saturated carbocycles. The van der Waals surface area contributed by atoms with Gasteiger partial charge in [-0.15, -0.1) is 0 Å². The van der Waals surface area contributed by atoms with E-state index in [0.29, 0.717) is 13.2 Å². The first-order valence-electron chi connectivity index (χ1n) is 11.4. The van der Waals surface area contributed by atoms with Crippen molar-refractivity contribution in [3.63, 3.8) is 0 Å². The molecule has 1 aromatic heterocycles. The zero-order chi connectivity index (χ0) is 22.7. The molecule has 1 heterocycles. The Bertz CT molecular complexity index is 1180. The monoisotopic (exact) mass is 439 g/mol. The smallest absolute Gasteiger partial charge is 0.243 e. The van der Waals surface area contributed by atoms with Gasteiger partial charge < -0.3 is 14.6 Å². The second-order valence-electron chi connectivity index (χ2n) is 7.82. The number of aromatic nitrogens is 2. The van der Waals surface area contributed by atoms with Crippen LogP contribution >= 0.6 is 0 Å². The standard InChI is InChI=1S/C28H29N3O2/c32-28(19-18-23-11-3-1-4-12-23)29-20-9-17-27-30-25-15-7-8-16-26(25)31(27)21-10-22-33-24-13-5-2-6-14-24/h1-8,11-16,18-19H,9-10,17,20-22H2,(H,29,32)/b19-18+. The number of carbonyl (C=O) groups is 1. The summed E-state index contributed by atoms with van der Waals surface area (Å²) in [5.74, 6) is 1.86. The first kappa shape index (κ1) is 22.3. The number of para-hydroxylation sites is 3. The van der Waals surface area contributed by atoms with Gasteiger partial charge in [-0.05, 0) is 48.7 Å². The minimum absolute atomic E-state index is 0.0783. The number of fused-ring (bicyclic) bond motifs is 1. The Balaban J connectivity index is 1.28. The summed E-state index contributed by atoms with van der Waals surface area (Å²) in [6, 6.07) is 27.9. The minimum Gasteiger partial charge on any atom is -0.494 e. The lowest BCUT2D eigenvalue weighted by Gasteiger charge is -2.11. The molecule has 0 aliphatic carbocycles. The van der Waals surface area contributed by atoms with Crippen LogP contribution in [0.2, 0.25) is 0 Å². The Morgan fingerprint density at radius 3 is 2.45 bits per heavy atom. The summed E-state index contributed by atoms with van der Waals surface area (Å²) in [5, 5.41) is 2.96. The highest BCUT2D eigenvalue weighted by atomic mass is 16.5. The number of hydrogen-bond donors (Lipinski definition) is 1. The first-order chi connectivity index (χ1) is 16.3. The van der Waals surface area contributed by atoms with Crippen molar-refractivity contribution in [3.8, 4) is 5.75 Å². The molecular formula is C28H29N3O2. The van der Waals surface area contributed by atoms with Crippen LogP contribution in [0.5, 0.6) is 5.75 Å². The molecule has 1 amide bonds. The molecular weight excluding hydrogens is 410 g/mol. The van der Waals surface area contributed by atoms with Crippen molar-refractivity contribution in [3.05, 3.63) is 102 Å². The van der Waals surface area contributed by atoms with E-state index < -0.39 is 0 Å². The lowest BCUT2D eigenvalue weighted by Crippen LogP contribution is -2.22. The van der Waals surface area contributed by atoms with Gasteiger partial charge in [0, 0.05) is 25.6 Å². The maximum atomic E-state index is 12.1. The molecule has 0 aliphatic heterocycles. The van der Waals surface area contributed by atoms with Gasteiger partial charge in [-0.3, -0.25) is 4.79 Å². The van der Waals surface area contributed by atoms with Gasteiger partial charge >= 0.3 is 0 Å². The van der Waals surface area contributed by atoms with E-state index >= 15 is 0 Å². The van der Waals surface area contributed by atoms with Crippen LogP contribution in [0.3, 0.4) is 0 Å². The van der Waals surface area contributed by atoms with Crippen LogP contribution in [0.4, 0.5) is 0 Å². The second kappa shape index (κ2) is 11.7. The molecule has 5 nitrogen and oxygen atoms in total. The van der Waals surface area contributed by atoms with E-state index in [0.717, 1.165) is 54.0 Å². The number of aryl methyl sites for hydroxylation is 2. The fourth-order valence-corrected chi connectivity index (χ4v) is 3.75. The van der Waals surface area contributed by atoms with Gasteiger partial charge in [-0.2, -0.15) is 0 Å². The molecule has 0 atom stereocenters. The highest BCUT2D eigenvalue weighted by Gasteiger charge is 2.10. The molecule has 0 aliphatic rings.